The number of hydrogen-bond acceptors (Lipinski definition) is 4. The van der Waals surface area contributed by atoms with Crippen LogP contribution >= 0.6 is 0 Å². The zero-order valence-electron chi connectivity index (χ0n) is 42.5. The lowest BCUT2D eigenvalue weighted by Gasteiger charge is -2.23. The Bertz CT molecular complexity index is 838. The summed E-state index contributed by atoms with van der Waals surface area (Å²) in [6, 6.07) is -0.652. The van der Waals surface area contributed by atoms with Crippen LogP contribution in [0.15, 0.2) is 0 Å². The normalized spacial score (nSPS) is 13.2. The van der Waals surface area contributed by atoms with Gasteiger partial charge in [0, 0.05) is 0 Å². The molecule has 0 saturated carbocycles. The molecular weight excluding hydrogens is 763 g/mol. The maximum atomic E-state index is 12.5. The third-order valence-electron chi connectivity index (χ3n) is 13.9. The topological polar surface area (TPSA) is 89.8 Å². The molecule has 0 bridgehead atoms. The van der Waals surface area contributed by atoms with Crippen molar-refractivity contribution in [3.05, 3.63) is 0 Å². The van der Waals surface area contributed by atoms with Crippen molar-refractivity contribution in [1.29, 1.82) is 0 Å². The standard InChI is InChI=1S/C57H115NO4/c1-3-5-7-9-11-13-15-16-17-18-19-20-21-22-23-24-25-26-27-28-29-30-31-32-33-34-35-36-37-38-39-40-41-42-44-46-48-50-54(60)52-57(62)58-55(53-59)56(61)51-49-47-45-43-14-12-10-8-6-4-2/h54-56,59-61H,3-53H2,1-2H3,(H,58,62). The second-order valence-corrected chi connectivity index (χ2v) is 20.3. The number of aliphatic hydroxyl groups is 3. The van der Waals surface area contributed by atoms with Crippen LogP contribution in [0.3, 0.4) is 0 Å². The second-order valence-electron chi connectivity index (χ2n) is 20.3. The van der Waals surface area contributed by atoms with E-state index in [0.29, 0.717) is 12.8 Å². The average Bonchev–Trinajstić information content (AvgIpc) is 3.27. The quantitative estimate of drug-likeness (QED) is 0.0458. The molecule has 0 aliphatic carbocycles. The minimum Gasteiger partial charge on any atom is -0.394 e. The molecule has 62 heavy (non-hydrogen) atoms. The van der Waals surface area contributed by atoms with Crippen LogP contribution < -0.4 is 5.32 Å². The molecule has 0 fully saturated rings. The third kappa shape index (κ3) is 48.8. The fourth-order valence-electron chi connectivity index (χ4n) is 9.53. The molecule has 0 aromatic carbocycles. The molecule has 0 spiro atoms. The molecule has 4 N–H and O–H groups in total. The maximum absolute atomic E-state index is 12.5. The highest BCUT2D eigenvalue weighted by molar-refractivity contribution is 5.76. The van der Waals surface area contributed by atoms with Gasteiger partial charge in [0.25, 0.3) is 0 Å². The molecule has 5 nitrogen and oxygen atoms in total. The molecule has 0 heterocycles. The molecule has 0 saturated heterocycles. The van der Waals surface area contributed by atoms with E-state index in [1.807, 2.05) is 0 Å². The first kappa shape index (κ1) is 61.4. The average molecular weight is 879 g/mol. The molecule has 0 aromatic heterocycles. The first-order chi connectivity index (χ1) is 30.5. The smallest absolute Gasteiger partial charge is 0.222 e. The number of carbonyl (C=O) groups is 1. The minimum atomic E-state index is -0.743. The van der Waals surface area contributed by atoms with Crippen molar-refractivity contribution in [2.45, 2.75) is 353 Å². The van der Waals surface area contributed by atoms with E-state index in [1.165, 1.54) is 276 Å². The summed E-state index contributed by atoms with van der Waals surface area (Å²) >= 11 is 0. The van der Waals surface area contributed by atoms with Gasteiger partial charge in [-0.05, 0) is 12.8 Å². The Morgan fingerprint density at radius 1 is 0.339 bits per heavy atom. The summed E-state index contributed by atoms with van der Waals surface area (Å²) in [6.45, 7) is 4.28. The zero-order valence-corrected chi connectivity index (χ0v) is 42.5. The summed E-state index contributed by atoms with van der Waals surface area (Å²) in [4.78, 5) is 12.5. The van der Waals surface area contributed by atoms with Gasteiger partial charge < -0.3 is 20.6 Å². The Labute approximate surface area is 389 Å². The van der Waals surface area contributed by atoms with E-state index >= 15 is 0 Å². The van der Waals surface area contributed by atoms with E-state index in [4.69, 9.17) is 0 Å². The molecule has 372 valence electrons. The summed E-state index contributed by atoms with van der Waals surface area (Å²) in [5.41, 5.74) is 0. The van der Waals surface area contributed by atoms with Crippen LogP contribution in [0.1, 0.15) is 335 Å². The van der Waals surface area contributed by atoms with Gasteiger partial charge in [-0.1, -0.05) is 316 Å². The second kappa shape index (κ2) is 53.0. The molecule has 1 amide bonds. The lowest BCUT2D eigenvalue weighted by atomic mass is 10.0. The largest absolute Gasteiger partial charge is 0.394 e. The van der Waals surface area contributed by atoms with Crippen LogP contribution in [0.2, 0.25) is 0 Å². The molecular formula is C57H115NO4. The predicted octanol–water partition coefficient (Wildman–Crippen LogP) is 17.7. The monoisotopic (exact) mass is 878 g/mol. The van der Waals surface area contributed by atoms with E-state index in [0.717, 1.165) is 25.7 Å². The summed E-state index contributed by atoms with van der Waals surface area (Å²) in [7, 11) is 0. The minimum absolute atomic E-state index is 0.0428. The van der Waals surface area contributed by atoms with Crippen molar-refractivity contribution < 1.29 is 20.1 Å². The van der Waals surface area contributed by atoms with E-state index in [1.54, 1.807) is 0 Å². The molecule has 0 aromatic rings. The van der Waals surface area contributed by atoms with E-state index in [-0.39, 0.29) is 18.9 Å². The van der Waals surface area contributed by atoms with Gasteiger partial charge >= 0.3 is 0 Å². The van der Waals surface area contributed by atoms with Gasteiger partial charge in [0.2, 0.25) is 5.91 Å². The molecule has 0 aliphatic heterocycles. The van der Waals surface area contributed by atoms with Gasteiger partial charge in [-0.25, -0.2) is 0 Å². The fourth-order valence-corrected chi connectivity index (χ4v) is 9.53. The Hall–Kier alpha value is -0.650. The molecule has 0 aliphatic rings. The summed E-state index contributed by atoms with van der Waals surface area (Å²) in [5, 5.41) is 33.4. The molecule has 0 rings (SSSR count). The fraction of sp³-hybridized carbons (Fsp3) is 0.982. The van der Waals surface area contributed by atoms with Crippen LogP contribution in [0.5, 0.6) is 0 Å². The number of rotatable bonds is 54. The van der Waals surface area contributed by atoms with Crippen LogP contribution in [0.4, 0.5) is 0 Å². The van der Waals surface area contributed by atoms with Gasteiger partial charge in [-0.2, -0.15) is 0 Å². The van der Waals surface area contributed by atoms with Crippen molar-refractivity contribution in [1.82, 2.24) is 5.32 Å². The Morgan fingerprint density at radius 3 is 0.774 bits per heavy atom. The number of carbonyl (C=O) groups excluding carboxylic acids is 1. The van der Waals surface area contributed by atoms with Gasteiger partial charge in [0.15, 0.2) is 0 Å². The van der Waals surface area contributed by atoms with Gasteiger partial charge in [0.05, 0.1) is 31.3 Å². The highest BCUT2D eigenvalue weighted by atomic mass is 16.3. The Kier molecular flexibility index (Phi) is 52.4. The van der Waals surface area contributed by atoms with Crippen molar-refractivity contribution in [3.63, 3.8) is 0 Å². The zero-order chi connectivity index (χ0) is 45.1. The van der Waals surface area contributed by atoms with Crippen LogP contribution in [-0.4, -0.2) is 46.1 Å². The first-order valence-corrected chi connectivity index (χ1v) is 28.8. The van der Waals surface area contributed by atoms with Crippen molar-refractivity contribution in [3.8, 4) is 0 Å². The Balaban J connectivity index is 3.35. The highest BCUT2D eigenvalue weighted by Gasteiger charge is 2.21. The Morgan fingerprint density at radius 2 is 0.548 bits per heavy atom. The van der Waals surface area contributed by atoms with E-state index < -0.39 is 18.2 Å². The number of amides is 1. The number of nitrogens with one attached hydrogen (secondary N) is 1. The van der Waals surface area contributed by atoms with Crippen LogP contribution in [-0.2, 0) is 4.79 Å². The van der Waals surface area contributed by atoms with Gasteiger partial charge in [-0.15, -0.1) is 0 Å². The van der Waals surface area contributed by atoms with E-state index in [9.17, 15) is 20.1 Å². The summed E-state index contributed by atoms with van der Waals surface area (Å²) < 4.78 is 0. The lowest BCUT2D eigenvalue weighted by molar-refractivity contribution is -0.125. The van der Waals surface area contributed by atoms with Crippen LogP contribution in [0.25, 0.3) is 0 Å². The number of unbranched alkanes of at least 4 members (excludes halogenated alkanes) is 45. The van der Waals surface area contributed by atoms with Crippen LogP contribution in [0, 0.1) is 0 Å². The van der Waals surface area contributed by atoms with Crippen molar-refractivity contribution in [2.75, 3.05) is 6.61 Å². The molecule has 5 heteroatoms. The van der Waals surface area contributed by atoms with Crippen molar-refractivity contribution in [2.24, 2.45) is 0 Å². The lowest BCUT2D eigenvalue weighted by Crippen LogP contribution is -2.46. The van der Waals surface area contributed by atoms with Gasteiger partial charge in [-0.3, -0.25) is 4.79 Å². The van der Waals surface area contributed by atoms with Crippen molar-refractivity contribution >= 4 is 5.91 Å². The maximum Gasteiger partial charge on any atom is 0.222 e. The molecule has 3 unspecified atom stereocenters. The predicted molar refractivity (Wildman–Crippen MR) is 273 cm³/mol. The summed E-state index contributed by atoms with van der Waals surface area (Å²) in [5.74, 6) is -0.278. The van der Waals surface area contributed by atoms with Gasteiger partial charge in [0.1, 0.15) is 0 Å². The third-order valence-corrected chi connectivity index (χ3v) is 13.9. The number of hydrogen-bond donors (Lipinski definition) is 4. The first-order valence-electron chi connectivity index (χ1n) is 28.8. The summed E-state index contributed by atoms with van der Waals surface area (Å²) in [6.07, 6.45) is 64.4. The van der Waals surface area contributed by atoms with E-state index in [2.05, 4.69) is 19.2 Å². The molecule has 3 atom stereocenters. The SMILES string of the molecule is CCCCCCCCCCCCCCCCCCCCCCCCCCCCCCCCCCCCCCCC(O)CC(=O)NC(CO)C(O)CCCCCCCCCCCC. The molecule has 0 radical (unpaired) electrons. The number of aliphatic hydroxyl groups excluding tert-OH is 3. The highest BCUT2D eigenvalue weighted by Crippen LogP contribution is 2.19.